The molecule has 0 bridgehead atoms. The molecule has 0 saturated carbocycles. The summed E-state index contributed by atoms with van der Waals surface area (Å²) >= 11 is 0. The molecule has 172 valence electrons. The van der Waals surface area contributed by atoms with E-state index in [2.05, 4.69) is 0 Å². The maximum atomic E-state index is 13.8. The molecule has 6 nitrogen and oxygen atoms in total. The summed E-state index contributed by atoms with van der Waals surface area (Å²) in [5, 5.41) is 0.694. The average molecular weight is 459 g/mol. The van der Waals surface area contributed by atoms with Gasteiger partial charge in [-0.3, -0.25) is 14.2 Å². The molecule has 0 saturated heterocycles. The summed E-state index contributed by atoms with van der Waals surface area (Å²) in [7, 11) is 0. The Morgan fingerprint density at radius 3 is 2.62 bits per heavy atom. The number of aromatic nitrogens is 1. The molecule has 4 aromatic rings. The highest BCUT2D eigenvalue weighted by Crippen LogP contribution is 2.36. The van der Waals surface area contributed by atoms with Crippen molar-refractivity contribution < 1.29 is 28.2 Å². The van der Waals surface area contributed by atoms with Crippen LogP contribution in [0.2, 0.25) is 0 Å². The van der Waals surface area contributed by atoms with Crippen molar-refractivity contribution in [3.8, 4) is 17.2 Å². The Bertz CT molecular complexity index is 1410. The van der Waals surface area contributed by atoms with Crippen LogP contribution in [0.3, 0.4) is 0 Å². The van der Waals surface area contributed by atoms with E-state index in [-0.39, 0.29) is 17.6 Å². The highest BCUT2D eigenvalue weighted by molar-refractivity contribution is 6.04. The van der Waals surface area contributed by atoms with Crippen LogP contribution in [0.4, 0.5) is 4.39 Å². The molecular weight excluding hydrogens is 437 g/mol. The fourth-order valence-electron chi connectivity index (χ4n) is 4.28. The summed E-state index contributed by atoms with van der Waals surface area (Å²) in [5.74, 6) is 0.268. The van der Waals surface area contributed by atoms with E-state index in [1.807, 2.05) is 25.1 Å². The predicted molar refractivity (Wildman–Crippen MR) is 124 cm³/mol. The summed E-state index contributed by atoms with van der Waals surface area (Å²) in [6, 6.07) is 18.9. The Morgan fingerprint density at radius 1 is 1.09 bits per heavy atom. The van der Waals surface area contributed by atoms with Gasteiger partial charge in [0.25, 0.3) is 5.91 Å². The summed E-state index contributed by atoms with van der Waals surface area (Å²) < 4.78 is 32.1. The Labute approximate surface area is 195 Å². The molecule has 1 aromatic heterocycles. The van der Waals surface area contributed by atoms with Crippen LogP contribution in [0.25, 0.3) is 10.9 Å². The number of carbonyl (C=O) groups excluding carboxylic acids is 2. The molecule has 0 amide bonds. The first kappa shape index (κ1) is 21.7. The number of aryl methyl sites for hydroxylation is 1. The Balaban J connectivity index is 1.33. The number of hydrogen-bond acceptors (Lipinski definition) is 5. The number of carbonyl (C=O) groups is 2. The van der Waals surface area contributed by atoms with E-state index in [4.69, 9.17) is 14.2 Å². The van der Waals surface area contributed by atoms with E-state index in [0.29, 0.717) is 46.9 Å². The van der Waals surface area contributed by atoms with Crippen LogP contribution in [0.1, 0.15) is 34.5 Å². The minimum Gasteiger partial charge on any atom is -0.493 e. The second-order valence-corrected chi connectivity index (χ2v) is 8.21. The summed E-state index contributed by atoms with van der Waals surface area (Å²) in [4.78, 5) is 24.7. The van der Waals surface area contributed by atoms with Crippen molar-refractivity contribution in [3.63, 3.8) is 0 Å². The quantitative estimate of drug-likeness (QED) is 0.301. The van der Waals surface area contributed by atoms with Crippen LogP contribution in [-0.4, -0.2) is 29.7 Å². The molecule has 0 N–H and O–H groups in total. The van der Waals surface area contributed by atoms with Crippen molar-refractivity contribution in [1.82, 2.24) is 4.57 Å². The van der Waals surface area contributed by atoms with E-state index in [0.717, 1.165) is 11.3 Å². The molecule has 34 heavy (non-hydrogen) atoms. The topological polar surface area (TPSA) is 66.8 Å². The number of para-hydroxylation sites is 1. The average Bonchev–Trinajstić information content (AvgIpc) is 3.39. The predicted octanol–water partition coefficient (Wildman–Crippen LogP) is 5.26. The molecule has 0 aliphatic carbocycles. The standard InChI is InChI=1S/C27H22FNO5/c1-16-13-22-24(7-4-8-25(22)34-17(2)30)29(16)27(31)18-9-11-20(12-10-18)32-14-19-15-33-26-21(19)5-3-6-23(26)28/h3-13,19H,14-15H2,1-2H3/t19-/m1/s1. The second kappa shape index (κ2) is 8.67. The molecule has 5 rings (SSSR count). The summed E-state index contributed by atoms with van der Waals surface area (Å²) in [5.41, 5.74) is 2.68. The van der Waals surface area contributed by atoms with Crippen molar-refractivity contribution in [2.75, 3.05) is 13.2 Å². The normalized spacial score (nSPS) is 14.5. The zero-order valence-corrected chi connectivity index (χ0v) is 18.7. The van der Waals surface area contributed by atoms with Gasteiger partial charge in [-0.25, -0.2) is 4.39 Å². The molecular formula is C27H22FNO5. The first-order valence-electron chi connectivity index (χ1n) is 10.9. The molecule has 3 aromatic carbocycles. The van der Waals surface area contributed by atoms with Crippen LogP contribution in [-0.2, 0) is 4.79 Å². The van der Waals surface area contributed by atoms with Crippen molar-refractivity contribution in [3.05, 3.63) is 89.4 Å². The molecule has 0 spiro atoms. The Kier molecular flexibility index (Phi) is 5.53. The maximum Gasteiger partial charge on any atom is 0.308 e. The highest BCUT2D eigenvalue weighted by Gasteiger charge is 2.27. The molecule has 0 fully saturated rings. The van der Waals surface area contributed by atoms with Gasteiger partial charge in [-0.15, -0.1) is 0 Å². The third-order valence-electron chi connectivity index (χ3n) is 5.87. The van der Waals surface area contributed by atoms with Crippen LogP contribution < -0.4 is 14.2 Å². The van der Waals surface area contributed by atoms with Gasteiger partial charge in [-0.2, -0.15) is 0 Å². The number of esters is 1. The molecule has 1 aliphatic rings. The number of fused-ring (bicyclic) bond motifs is 2. The van der Waals surface area contributed by atoms with Crippen LogP contribution in [0.15, 0.2) is 66.7 Å². The van der Waals surface area contributed by atoms with Crippen LogP contribution in [0, 0.1) is 12.7 Å². The molecule has 1 aliphatic heterocycles. The van der Waals surface area contributed by atoms with Crippen molar-refractivity contribution >= 4 is 22.8 Å². The highest BCUT2D eigenvalue weighted by atomic mass is 19.1. The van der Waals surface area contributed by atoms with Gasteiger partial charge in [-0.1, -0.05) is 18.2 Å². The van der Waals surface area contributed by atoms with Gasteiger partial charge < -0.3 is 14.2 Å². The van der Waals surface area contributed by atoms with E-state index in [1.165, 1.54) is 13.0 Å². The third-order valence-corrected chi connectivity index (χ3v) is 5.87. The molecule has 0 unspecified atom stereocenters. The van der Waals surface area contributed by atoms with E-state index in [1.54, 1.807) is 47.0 Å². The number of nitrogens with zero attached hydrogens (tertiary/aromatic N) is 1. The SMILES string of the molecule is CC(=O)Oc1cccc2c1cc(C)n2C(=O)c1ccc(OC[C@@H]2COc3c(F)cccc32)cc1. The smallest absolute Gasteiger partial charge is 0.308 e. The minimum absolute atomic E-state index is 0.0627. The lowest BCUT2D eigenvalue weighted by Crippen LogP contribution is -2.14. The van der Waals surface area contributed by atoms with Gasteiger partial charge in [0.15, 0.2) is 11.6 Å². The monoisotopic (exact) mass is 459 g/mol. The lowest BCUT2D eigenvalue weighted by molar-refractivity contribution is -0.131. The molecule has 1 atom stereocenters. The first-order valence-corrected chi connectivity index (χ1v) is 10.9. The van der Waals surface area contributed by atoms with Crippen molar-refractivity contribution in [1.29, 1.82) is 0 Å². The van der Waals surface area contributed by atoms with Gasteiger partial charge in [0, 0.05) is 29.1 Å². The largest absolute Gasteiger partial charge is 0.493 e. The van der Waals surface area contributed by atoms with Gasteiger partial charge in [0.05, 0.1) is 24.6 Å². The Hall–Kier alpha value is -4.13. The zero-order chi connectivity index (χ0) is 23.8. The van der Waals surface area contributed by atoms with E-state index >= 15 is 0 Å². The summed E-state index contributed by atoms with van der Waals surface area (Å²) in [6.07, 6.45) is 0. The molecule has 0 radical (unpaired) electrons. The van der Waals surface area contributed by atoms with Gasteiger partial charge >= 0.3 is 5.97 Å². The molecule has 7 heteroatoms. The van der Waals surface area contributed by atoms with Crippen molar-refractivity contribution in [2.45, 2.75) is 19.8 Å². The number of ether oxygens (including phenoxy) is 3. The number of rotatable bonds is 5. The van der Waals surface area contributed by atoms with Gasteiger partial charge in [-0.05, 0) is 55.5 Å². The summed E-state index contributed by atoms with van der Waals surface area (Å²) in [6.45, 7) is 3.87. The zero-order valence-electron chi connectivity index (χ0n) is 18.7. The van der Waals surface area contributed by atoms with Gasteiger partial charge in [0.2, 0.25) is 0 Å². The van der Waals surface area contributed by atoms with Crippen molar-refractivity contribution in [2.24, 2.45) is 0 Å². The number of benzene rings is 3. The van der Waals surface area contributed by atoms with E-state index in [9.17, 15) is 14.0 Å². The maximum absolute atomic E-state index is 13.8. The lowest BCUT2D eigenvalue weighted by Gasteiger charge is -2.12. The van der Waals surface area contributed by atoms with Gasteiger partial charge in [0.1, 0.15) is 11.5 Å². The first-order chi connectivity index (χ1) is 16.4. The van der Waals surface area contributed by atoms with Crippen LogP contribution in [0.5, 0.6) is 17.2 Å². The van der Waals surface area contributed by atoms with Crippen LogP contribution >= 0.6 is 0 Å². The number of halogens is 1. The minimum atomic E-state index is -0.419. The fraction of sp³-hybridized carbons (Fsp3) is 0.185. The third kappa shape index (κ3) is 3.90. The molecule has 2 heterocycles. The van der Waals surface area contributed by atoms with E-state index < -0.39 is 5.97 Å². The fourth-order valence-corrected chi connectivity index (χ4v) is 4.28. The number of hydrogen-bond donors (Lipinski definition) is 0. The second-order valence-electron chi connectivity index (χ2n) is 8.21. The lowest BCUT2D eigenvalue weighted by atomic mass is 10.0. The Morgan fingerprint density at radius 2 is 1.85 bits per heavy atom.